The molecule has 0 radical (unpaired) electrons. The van der Waals surface area contributed by atoms with Crippen LogP contribution in [0.2, 0.25) is 0 Å². The molecular weight excluding hydrogens is 260 g/mol. The molecular formula is C14H14N2O2S. The summed E-state index contributed by atoms with van der Waals surface area (Å²) in [5, 5.41) is 13.6. The van der Waals surface area contributed by atoms with Crippen LogP contribution >= 0.6 is 11.8 Å². The third-order valence-corrected chi connectivity index (χ3v) is 5.49. The van der Waals surface area contributed by atoms with Crippen LogP contribution in [0.4, 0.5) is 0 Å². The van der Waals surface area contributed by atoms with E-state index in [0.717, 1.165) is 29.7 Å². The highest BCUT2D eigenvalue weighted by atomic mass is 32.2. The Hall–Kier alpha value is -1.49. The van der Waals surface area contributed by atoms with Gasteiger partial charge in [-0.2, -0.15) is 0 Å². The van der Waals surface area contributed by atoms with Crippen LogP contribution in [0, 0.1) is 11.8 Å². The molecule has 0 aliphatic heterocycles. The standard InChI is InChI=1S/C14H14N2O2S/c17-16-12-8-5-6-9(7-8)13(12)19-14-15-10-3-1-2-4-11(10)18-14/h1-4,8-9,13,17H,5-7H2/b16-12+/t8-,9+,13+/m0/s1. The van der Waals surface area contributed by atoms with Crippen LogP contribution in [0.15, 0.2) is 39.1 Å². The topological polar surface area (TPSA) is 58.6 Å². The van der Waals surface area contributed by atoms with Gasteiger partial charge in [0.05, 0.1) is 11.0 Å². The number of oxime groups is 1. The molecule has 2 aliphatic carbocycles. The van der Waals surface area contributed by atoms with Gasteiger partial charge in [-0.05, 0) is 37.3 Å². The molecule has 2 aliphatic rings. The van der Waals surface area contributed by atoms with E-state index in [0.29, 0.717) is 17.1 Å². The Balaban J connectivity index is 1.64. The molecule has 0 unspecified atom stereocenters. The molecule has 1 aromatic heterocycles. The Morgan fingerprint density at radius 1 is 1.32 bits per heavy atom. The maximum Gasteiger partial charge on any atom is 0.257 e. The number of thioether (sulfide) groups is 1. The number of rotatable bonds is 2. The summed E-state index contributed by atoms with van der Waals surface area (Å²) in [6.45, 7) is 0. The lowest BCUT2D eigenvalue weighted by atomic mass is 9.98. The van der Waals surface area contributed by atoms with Crippen LogP contribution in [0.5, 0.6) is 0 Å². The highest BCUT2D eigenvalue weighted by Gasteiger charge is 2.46. The number of aromatic nitrogens is 1. The minimum absolute atomic E-state index is 0.233. The summed E-state index contributed by atoms with van der Waals surface area (Å²) >= 11 is 1.60. The van der Waals surface area contributed by atoms with Gasteiger partial charge in [0.1, 0.15) is 5.52 Å². The first-order chi connectivity index (χ1) is 9.35. The molecule has 1 aromatic carbocycles. The number of fused-ring (bicyclic) bond motifs is 3. The molecule has 2 bridgehead atoms. The van der Waals surface area contributed by atoms with Crippen LogP contribution in [-0.4, -0.2) is 21.2 Å². The molecule has 2 fully saturated rings. The van der Waals surface area contributed by atoms with E-state index in [-0.39, 0.29) is 5.25 Å². The summed E-state index contributed by atoms with van der Waals surface area (Å²) in [4.78, 5) is 4.49. The third kappa shape index (κ3) is 1.75. The van der Waals surface area contributed by atoms with Gasteiger partial charge in [0.15, 0.2) is 5.58 Å². The molecule has 3 atom stereocenters. The second-order valence-corrected chi connectivity index (χ2v) is 6.37. The van der Waals surface area contributed by atoms with Crippen molar-refractivity contribution >= 4 is 28.6 Å². The maximum absolute atomic E-state index is 9.20. The molecule has 0 spiro atoms. The molecule has 1 N–H and O–H groups in total. The lowest BCUT2D eigenvalue weighted by molar-refractivity contribution is 0.314. The lowest BCUT2D eigenvalue weighted by Gasteiger charge is -2.20. The second-order valence-electron chi connectivity index (χ2n) is 5.28. The Morgan fingerprint density at radius 2 is 2.21 bits per heavy atom. The average Bonchev–Trinajstić information content (AvgIpc) is 3.11. The molecule has 98 valence electrons. The van der Waals surface area contributed by atoms with Gasteiger partial charge in [0.25, 0.3) is 5.22 Å². The van der Waals surface area contributed by atoms with Gasteiger partial charge < -0.3 is 9.62 Å². The van der Waals surface area contributed by atoms with Crippen molar-refractivity contribution in [3.8, 4) is 0 Å². The zero-order valence-electron chi connectivity index (χ0n) is 10.3. The van der Waals surface area contributed by atoms with E-state index in [4.69, 9.17) is 4.42 Å². The zero-order valence-corrected chi connectivity index (χ0v) is 11.1. The van der Waals surface area contributed by atoms with Crippen molar-refractivity contribution in [2.75, 3.05) is 0 Å². The van der Waals surface area contributed by atoms with E-state index in [1.165, 1.54) is 6.42 Å². The van der Waals surface area contributed by atoms with Crippen molar-refractivity contribution in [1.29, 1.82) is 0 Å². The molecule has 0 saturated heterocycles. The van der Waals surface area contributed by atoms with Crippen LogP contribution < -0.4 is 0 Å². The van der Waals surface area contributed by atoms with Gasteiger partial charge in [-0.3, -0.25) is 0 Å². The van der Waals surface area contributed by atoms with Crippen molar-refractivity contribution in [1.82, 2.24) is 4.98 Å². The molecule has 2 aromatic rings. The summed E-state index contributed by atoms with van der Waals surface area (Å²) in [5.74, 6) is 1.08. The first kappa shape index (κ1) is 11.3. The summed E-state index contributed by atoms with van der Waals surface area (Å²) in [7, 11) is 0. The molecule has 2 saturated carbocycles. The monoisotopic (exact) mass is 274 g/mol. The molecule has 1 heterocycles. The minimum Gasteiger partial charge on any atom is -0.431 e. The normalized spacial score (nSPS) is 31.6. The van der Waals surface area contributed by atoms with Gasteiger partial charge in [-0.1, -0.05) is 29.1 Å². The summed E-state index contributed by atoms with van der Waals surface area (Å²) in [6, 6.07) is 7.77. The Kier molecular flexibility index (Phi) is 2.55. The third-order valence-electron chi connectivity index (χ3n) is 4.23. The van der Waals surface area contributed by atoms with E-state index in [1.54, 1.807) is 11.8 Å². The van der Waals surface area contributed by atoms with Gasteiger partial charge in [-0.25, -0.2) is 4.98 Å². The van der Waals surface area contributed by atoms with Crippen molar-refractivity contribution in [2.24, 2.45) is 17.0 Å². The fraction of sp³-hybridized carbons (Fsp3) is 0.429. The molecule has 0 amide bonds. The predicted molar refractivity (Wildman–Crippen MR) is 73.7 cm³/mol. The molecule has 4 rings (SSSR count). The first-order valence-corrected chi connectivity index (χ1v) is 7.47. The van der Waals surface area contributed by atoms with Crippen molar-refractivity contribution in [2.45, 2.75) is 29.7 Å². The number of hydrogen-bond acceptors (Lipinski definition) is 5. The Bertz CT molecular complexity index is 619. The SMILES string of the molecule is O/N=C1\[C@H]2CC[C@H](C2)[C@H]1Sc1nc2ccccc2o1. The highest BCUT2D eigenvalue weighted by molar-refractivity contribution is 8.00. The van der Waals surface area contributed by atoms with Gasteiger partial charge in [-0.15, -0.1) is 0 Å². The number of oxazole rings is 1. The Morgan fingerprint density at radius 3 is 3.05 bits per heavy atom. The lowest BCUT2D eigenvalue weighted by Crippen LogP contribution is -2.24. The molecule has 4 nitrogen and oxygen atoms in total. The van der Waals surface area contributed by atoms with Crippen LogP contribution in [0.3, 0.4) is 0 Å². The van der Waals surface area contributed by atoms with E-state index in [1.807, 2.05) is 24.3 Å². The van der Waals surface area contributed by atoms with E-state index in [2.05, 4.69) is 10.1 Å². The van der Waals surface area contributed by atoms with Crippen LogP contribution in [0.1, 0.15) is 19.3 Å². The molecule has 19 heavy (non-hydrogen) atoms. The number of hydrogen-bond donors (Lipinski definition) is 1. The fourth-order valence-corrected chi connectivity index (χ4v) is 4.65. The fourth-order valence-electron chi connectivity index (χ4n) is 3.34. The zero-order chi connectivity index (χ0) is 12.8. The molecule has 5 heteroatoms. The smallest absolute Gasteiger partial charge is 0.257 e. The van der Waals surface area contributed by atoms with Crippen LogP contribution in [-0.2, 0) is 0 Å². The first-order valence-electron chi connectivity index (χ1n) is 6.59. The second kappa shape index (κ2) is 4.27. The van der Waals surface area contributed by atoms with Gasteiger partial charge >= 0.3 is 0 Å². The average molecular weight is 274 g/mol. The van der Waals surface area contributed by atoms with E-state index < -0.39 is 0 Å². The van der Waals surface area contributed by atoms with E-state index >= 15 is 0 Å². The summed E-state index contributed by atoms with van der Waals surface area (Å²) in [5.41, 5.74) is 2.63. The summed E-state index contributed by atoms with van der Waals surface area (Å²) < 4.78 is 5.75. The highest BCUT2D eigenvalue weighted by Crippen LogP contribution is 2.49. The van der Waals surface area contributed by atoms with Gasteiger partial charge in [0, 0.05) is 5.92 Å². The minimum atomic E-state index is 0.233. The van der Waals surface area contributed by atoms with Crippen molar-refractivity contribution in [3.63, 3.8) is 0 Å². The number of benzene rings is 1. The van der Waals surface area contributed by atoms with Crippen LogP contribution in [0.25, 0.3) is 11.1 Å². The summed E-state index contributed by atoms with van der Waals surface area (Å²) in [6.07, 6.45) is 3.54. The largest absolute Gasteiger partial charge is 0.431 e. The number of para-hydroxylation sites is 2. The van der Waals surface area contributed by atoms with Crippen molar-refractivity contribution in [3.05, 3.63) is 24.3 Å². The maximum atomic E-state index is 9.20. The van der Waals surface area contributed by atoms with E-state index in [9.17, 15) is 5.21 Å². The number of nitrogens with zero attached hydrogens (tertiary/aromatic N) is 2. The van der Waals surface area contributed by atoms with Crippen molar-refractivity contribution < 1.29 is 9.62 Å². The quantitative estimate of drug-likeness (QED) is 0.672. The van der Waals surface area contributed by atoms with Gasteiger partial charge in [0.2, 0.25) is 0 Å². The Labute approximate surface area is 114 Å². The predicted octanol–water partition coefficient (Wildman–Crippen LogP) is 3.55.